The molecule has 2 unspecified atom stereocenters. The van der Waals surface area contributed by atoms with Gasteiger partial charge in [-0.3, -0.25) is 0 Å². The molecule has 0 bridgehead atoms. The summed E-state index contributed by atoms with van der Waals surface area (Å²) in [7, 11) is 0. The molecule has 1 aliphatic rings. The molecule has 88 valence electrons. The van der Waals surface area contributed by atoms with E-state index in [2.05, 4.69) is 42.6 Å². The zero-order valence-electron chi connectivity index (χ0n) is 10.3. The van der Waals surface area contributed by atoms with Gasteiger partial charge in [0.05, 0.1) is 0 Å². The van der Waals surface area contributed by atoms with Gasteiger partial charge < -0.3 is 5.32 Å². The molecule has 0 heterocycles. The highest BCUT2D eigenvalue weighted by Crippen LogP contribution is 2.27. The molecule has 1 aromatic rings. The molecule has 1 aliphatic carbocycles. The fraction of sp³-hybridized carbons (Fsp3) is 0.600. The van der Waals surface area contributed by atoms with Crippen LogP contribution >= 0.6 is 0 Å². The second kappa shape index (κ2) is 6.05. The highest BCUT2D eigenvalue weighted by Gasteiger charge is 2.24. The minimum absolute atomic E-state index is 0.786. The standard InChI is InChI=1S/C15H23N/c1-2-14-9-6-10-15(14)16-12-11-13-7-4-3-5-8-13/h3-5,7-8,14-16H,2,6,9-12H2,1H3. The molecule has 0 saturated heterocycles. The summed E-state index contributed by atoms with van der Waals surface area (Å²) < 4.78 is 0. The Kier molecular flexibility index (Phi) is 4.41. The van der Waals surface area contributed by atoms with Crippen LogP contribution in [-0.4, -0.2) is 12.6 Å². The zero-order valence-corrected chi connectivity index (χ0v) is 10.3. The molecule has 0 aromatic heterocycles. The van der Waals surface area contributed by atoms with Gasteiger partial charge in [-0.05, 0) is 37.3 Å². The minimum Gasteiger partial charge on any atom is -0.313 e. The molecule has 2 rings (SSSR count). The Balaban J connectivity index is 1.72. The summed E-state index contributed by atoms with van der Waals surface area (Å²) in [6, 6.07) is 11.6. The van der Waals surface area contributed by atoms with Crippen LogP contribution in [0.5, 0.6) is 0 Å². The van der Waals surface area contributed by atoms with Crippen molar-refractivity contribution < 1.29 is 0 Å². The van der Waals surface area contributed by atoms with Gasteiger partial charge in [0.2, 0.25) is 0 Å². The van der Waals surface area contributed by atoms with Crippen LogP contribution in [0.4, 0.5) is 0 Å². The summed E-state index contributed by atoms with van der Waals surface area (Å²) in [5.41, 5.74) is 1.45. The zero-order chi connectivity index (χ0) is 11.2. The molecule has 0 amide bonds. The van der Waals surface area contributed by atoms with Crippen molar-refractivity contribution in [1.82, 2.24) is 5.32 Å². The second-order valence-electron chi connectivity index (χ2n) is 4.90. The van der Waals surface area contributed by atoms with Crippen molar-refractivity contribution in [2.45, 2.75) is 45.1 Å². The van der Waals surface area contributed by atoms with Gasteiger partial charge in [-0.2, -0.15) is 0 Å². The smallest absolute Gasteiger partial charge is 0.00953 e. The summed E-state index contributed by atoms with van der Waals surface area (Å²) in [6.45, 7) is 3.45. The number of nitrogens with one attached hydrogen (secondary N) is 1. The third-order valence-corrected chi connectivity index (χ3v) is 3.85. The van der Waals surface area contributed by atoms with Gasteiger partial charge in [-0.15, -0.1) is 0 Å². The maximum Gasteiger partial charge on any atom is 0.00953 e. The number of hydrogen-bond acceptors (Lipinski definition) is 1. The third kappa shape index (κ3) is 3.08. The van der Waals surface area contributed by atoms with Crippen molar-refractivity contribution >= 4 is 0 Å². The molecule has 1 nitrogen and oxygen atoms in total. The maximum atomic E-state index is 3.73. The Morgan fingerprint density at radius 2 is 2.00 bits per heavy atom. The molecular weight excluding hydrogens is 194 g/mol. The topological polar surface area (TPSA) is 12.0 Å². The van der Waals surface area contributed by atoms with Crippen LogP contribution in [0.15, 0.2) is 30.3 Å². The molecule has 1 heteroatoms. The first kappa shape index (κ1) is 11.7. The van der Waals surface area contributed by atoms with E-state index in [0.29, 0.717) is 0 Å². The van der Waals surface area contributed by atoms with Crippen LogP contribution in [0.2, 0.25) is 0 Å². The van der Waals surface area contributed by atoms with Crippen LogP contribution < -0.4 is 5.32 Å². The molecule has 1 aromatic carbocycles. The van der Waals surface area contributed by atoms with Gasteiger partial charge >= 0.3 is 0 Å². The van der Waals surface area contributed by atoms with E-state index in [-0.39, 0.29) is 0 Å². The summed E-state index contributed by atoms with van der Waals surface area (Å²) in [5.74, 6) is 0.927. The molecule has 1 saturated carbocycles. The quantitative estimate of drug-likeness (QED) is 0.797. The van der Waals surface area contributed by atoms with E-state index < -0.39 is 0 Å². The van der Waals surface area contributed by atoms with Gasteiger partial charge in [-0.1, -0.05) is 50.1 Å². The largest absolute Gasteiger partial charge is 0.313 e. The third-order valence-electron chi connectivity index (χ3n) is 3.85. The molecular formula is C15H23N. The van der Waals surface area contributed by atoms with Crippen molar-refractivity contribution in [2.24, 2.45) is 5.92 Å². The van der Waals surface area contributed by atoms with Crippen LogP contribution in [0.3, 0.4) is 0 Å². The highest BCUT2D eigenvalue weighted by molar-refractivity contribution is 5.14. The number of benzene rings is 1. The Bertz CT molecular complexity index is 294. The molecule has 1 fully saturated rings. The Morgan fingerprint density at radius 3 is 2.75 bits per heavy atom. The Hall–Kier alpha value is -0.820. The minimum atomic E-state index is 0.786. The molecule has 0 spiro atoms. The Morgan fingerprint density at radius 1 is 1.19 bits per heavy atom. The predicted octanol–water partition coefficient (Wildman–Crippen LogP) is 3.40. The summed E-state index contributed by atoms with van der Waals surface area (Å²) in [4.78, 5) is 0. The maximum absolute atomic E-state index is 3.73. The first-order valence-corrected chi connectivity index (χ1v) is 6.67. The highest BCUT2D eigenvalue weighted by atomic mass is 14.9. The van der Waals surface area contributed by atoms with Crippen molar-refractivity contribution in [2.75, 3.05) is 6.54 Å². The van der Waals surface area contributed by atoms with Gasteiger partial charge in [-0.25, -0.2) is 0 Å². The van der Waals surface area contributed by atoms with E-state index in [1.807, 2.05) is 0 Å². The van der Waals surface area contributed by atoms with E-state index in [1.165, 1.54) is 31.2 Å². The van der Waals surface area contributed by atoms with E-state index in [0.717, 1.165) is 24.9 Å². The average Bonchev–Trinajstić information content (AvgIpc) is 2.78. The lowest BCUT2D eigenvalue weighted by Gasteiger charge is -2.19. The predicted molar refractivity (Wildman–Crippen MR) is 69.6 cm³/mol. The second-order valence-corrected chi connectivity index (χ2v) is 4.90. The average molecular weight is 217 g/mol. The van der Waals surface area contributed by atoms with E-state index in [9.17, 15) is 0 Å². The van der Waals surface area contributed by atoms with Crippen LogP contribution in [0.25, 0.3) is 0 Å². The first-order chi connectivity index (χ1) is 7.90. The fourth-order valence-electron chi connectivity index (χ4n) is 2.84. The fourth-order valence-corrected chi connectivity index (χ4v) is 2.84. The van der Waals surface area contributed by atoms with Crippen molar-refractivity contribution in [1.29, 1.82) is 0 Å². The summed E-state index contributed by atoms with van der Waals surface area (Å²) in [6.07, 6.45) is 6.73. The van der Waals surface area contributed by atoms with Crippen molar-refractivity contribution in [3.63, 3.8) is 0 Å². The first-order valence-electron chi connectivity index (χ1n) is 6.67. The van der Waals surface area contributed by atoms with Crippen LogP contribution in [0, 0.1) is 5.92 Å². The number of hydrogen-bond donors (Lipinski definition) is 1. The van der Waals surface area contributed by atoms with Gasteiger partial charge in [0.25, 0.3) is 0 Å². The Labute approximate surface area is 99.3 Å². The SMILES string of the molecule is CCC1CCCC1NCCc1ccccc1. The molecule has 16 heavy (non-hydrogen) atoms. The van der Waals surface area contributed by atoms with Crippen molar-refractivity contribution in [3.05, 3.63) is 35.9 Å². The van der Waals surface area contributed by atoms with Crippen molar-refractivity contribution in [3.8, 4) is 0 Å². The van der Waals surface area contributed by atoms with E-state index >= 15 is 0 Å². The molecule has 0 radical (unpaired) electrons. The molecule has 2 atom stereocenters. The summed E-state index contributed by atoms with van der Waals surface area (Å²) >= 11 is 0. The van der Waals surface area contributed by atoms with E-state index in [1.54, 1.807) is 0 Å². The molecule has 0 aliphatic heterocycles. The lowest BCUT2D eigenvalue weighted by atomic mass is 10.0. The monoisotopic (exact) mass is 217 g/mol. The van der Waals surface area contributed by atoms with Gasteiger partial charge in [0.15, 0.2) is 0 Å². The van der Waals surface area contributed by atoms with Gasteiger partial charge in [0.1, 0.15) is 0 Å². The van der Waals surface area contributed by atoms with Gasteiger partial charge in [0, 0.05) is 6.04 Å². The normalized spacial score (nSPS) is 24.8. The van der Waals surface area contributed by atoms with Crippen LogP contribution in [-0.2, 0) is 6.42 Å². The lowest BCUT2D eigenvalue weighted by molar-refractivity contribution is 0.393. The molecule has 1 N–H and O–H groups in total. The summed E-state index contributed by atoms with van der Waals surface area (Å²) in [5, 5.41) is 3.73. The number of rotatable bonds is 5. The van der Waals surface area contributed by atoms with E-state index in [4.69, 9.17) is 0 Å². The lowest BCUT2D eigenvalue weighted by Crippen LogP contribution is -2.33. The van der Waals surface area contributed by atoms with Crippen LogP contribution in [0.1, 0.15) is 38.2 Å².